The van der Waals surface area contributed by atoms with Crippen molar-refractivity contribution in [3.63, 3.8) is 0 Å². The van der Waals surface area contributed by atoms with Gasteiger partial charge in [-0.2, -0.15) is 9.61 Å². The first-order chi connectivity index (χ1) is 17.0. The normalized spacial score (nSPS) is 24.4. The van der Waals surface area contributed by atoms with Crippen molar-refractivity contribution in [1.29, 1.82) is 0 Å². The quantitative estimate of drug-likeness (QED) is 0.402. The first-order valence-electron chi connectivity index (χ1n) is 11.8. The van der Waals surface area contributed by atoms with E-state index in [-0.39, 0.29) is 11.6 Å². The molecule has 1 saturated carbocycles. The number of nitrogens with one attached hydrogen (secondary N) is 2. The zero-order chi connectivity index (χ0) is 24.1. The van der Waals surface area contributed by atoms with Crippen LogP contribution in [-0.4, -0.2) is 73.7 Å². The number of amides is 1. The number of halogens is 1. The van der Waals surface area contributed by atoms with Crippen LogP contribution < -0.4 is 10.6 Å². The molecular weight excluding hydrogens is 453 g/mol. The average molecular weight is 480 g/mol. The number of rotatable bonds is 5. The SMILES string of the molecule is CNc1cc(-c2cnc3n([C@H]4CCOC[C@@H]4O)cccc2-3)nc2c(C(=O)NC3CC[C@@H]3F)cnn12. The van der Waals surface area contributed by atoms with Gasteiger partial charge in [-0.15, -0.1) is 0 Å². The lowest BCUT2D eigenvalue weighted by Gasteiger charge is -2.31. The molecule has 1 saturated heterocycles. The Hall–Kier alpha value is -3.57. The van der Waals surface area contributed by atoms with Crippen LogP contribution in [0.3, 0.4) is 0 Å². The van der Waals surface area contributed by atoms with Gasteiger partial charge in [-0.05, 0) is 31.4 Å². The number of aliphatic hydroxyl groups excluding tert-OH is 1. The van der Waals surface area contributed by atoms with Crippen molar-refractivity contribution >= 4 is 17.4 Å². The molecule has 10 nitrogen and oxygen atoms in total. The fourth-order valence-corrected chi connectivity index (χ4v) is 4.87. The highest BCUT2D eigenvalue weighted by Crippen LogP contribution is 2.37. The third-order valence-corrected chi connectivity index (χ3v) is 7.00. The number of aliphatic hydroxyl groups is 1. The van der Waals surface area contributed by atoms with E-state index >= 15 is 0 Å². The van der Waals surface area contributed by atoms with Gasteiger partial charge in [0.2, 0.25) is 0 Å². The molecule has 6 rings (SSSR count). The smallest absolute Gasteiger partial charge is 0.257 e. The van der Waals surface area contributed by atoms with Crippen LogP contribution >= 0.6 is 0 Å². The van der Waals surface area contributed by atoms with Crippen molar-refractivity contribution in [3.05, 3.63) is 42.4 Å². The maximum atomic E-state index is 13.7. The van der Waals surface area contributed by atoms with Gasteiger partial charge in [0.15, 0.2) is 5.65 Å². The Kier molecular flexibility index (Phi) is 5.37. The lowest BCUT2D eigenvalue weighted by atomic mass is 9.90. The number of pyridine rings is 1. The third-order valence-electron chi connectivity index (χ3n) is 7.00. The number of carbonyl (C=O) groups excluding carboxylic acids is 1. The molecule has 0 spiro atoms. The Bertz CT molecular complexity index is 1370. The van der Waals surface area contributed by atoms with Gasteiger partial charge in [-0.25, -0.2) is 14.4 Å². The molecule has 182 valence electrons. The average Bonchev–Trinajstić information content (AvgIpc) is 3.50. The molecule has 11 heteroatoms. The van der Waals surface area contributed by atoms with E-state index in [1.54, 1.807) is 17.8 Å². The van der Waals surface area contributed by atoms with Crippen LogP contribution in [0, 0.1) is 0 Å². The van der Waals surface area contributed by atoms with E-state index in [1.807, 2.05) is 29.0 Å². The Morgan fingerprint density at radius 1 is 1.26 bits per heavy atom. The van der Waals surface area contributed by atoms with Crippen molar-refractivity contribution in [2.75, 3.05) is 25.6 Å². The molecule has 3 N–H and O–H groups in total. The van der Waals surface area contributed by atoms with Gasteiger partial charge < -0.3 is 25.0 Å². The lowest BCUT2D eigenvalue weighted by Crippen LogP contribution is -2.48. The minimum absolute atomic E-state index is 0.130. The Balaban J connectivity index is 1.40. The molecule has 0 bridgehead atoms. The minimum atomic E-state index is -1.01. The van der Waals surface area contributed by atoms with Crippen LogP contribution in [0.4, 0.5) is 10.2 Å². The van der Waals surface area contributed by atoms with Crippen LogP contribution in [-0.2, 0) is 4.74 Å². The van der Waals surface area contributed by atoms with E-state index in [0.29, 0.717) is 49.6 Å². The molecule has 1 aliphatic carbocycles. The van der Waals surface area contributed by atoms with Crippen LogP contribution in [0.1, 0.15) is 35.7 Å². The molecule has 1 unspecified atom stereocenters. The number of ether oxygens (including phenoxy) is 1. The van der Waals surface area contributed by atoms with Crippen LogP contribution in [0.5, 0.6) is 0 Å². The van der Waals surface area contributed by atoms with E-state index in [0.717, 1.165) is 17.0 Å². The summed E-state index contributed by atoms with van der Waals surface area (Å²) in [5, 5.41) is 20.7. The number of aromatic nitrogens is 5. The standard InChI is InChI=1S/C24H26FN7O3/c1-26-21-9-18(29-23-15(11-28-32(21)23)24(34)30-17-5-4-16(17)25)14-10-27-22-13(14)3-2-7-31(22)19-6-8-35-12-20(19)33/h2-3,7,9-11,16-17,19-20,26,33H,4-6,8,12H2,1H3,(H,30,34)/t16-,17?,19-,20-/m0/s1. The predicted octanol–water partition coefficient (Wildman–Crippen LogP) is 2.29. The highest BCUT2D eigenvalue weighted by atomic mass is 19.1. The molecule has 4 aliphatic rings. The third kappa shape index (κ3) is 3.62. The summed E-state index contributed by atoms with van der Waals surface area (Å²) in [4.78, 5) is 22.3. The fraction of sp³-hybridized carbons (Fsp3) is 0.417. The van der Waals surface area contributed by atoms with Crippen molar-refractivity contribution < 1.29 is 19.0 Å². The van der Waals surface area contributed by atoms with Crippen molar-refractivity contribution in [3.8, 4) is 22.6 Å². The summed E-state index contributed by atoms with van der Waals surface area (Å²) in [7, 11) is 1.77. The topological polar surface area (TPSA) is 119 Å². The molecule has 2 aromatic heterocycles. The predicted molar refractivity (Wildman–Crippen MR) is 126 cm³/mol. The zero-order valence-electron chi connectivity index (χ0n) is 19.2. The van der Waals surface area contributed by atoms with Gasteiger partial charge in [0.05, 0.1) is 36.7 Å². The number of nitrogens with zero attached hydrogens (tertiary/aromatic N) is 5. The zero-order valence-corrected chi connectivity index (χ0v) is 19.2. The van der Waals surface area contributed by atoms with Crippen LogP contribution in [0.15, 0.2) is 36.8 Å². The van der Waals surface area contributed by atoms with Gasteiger partial charge in [0.25, 0.3) is 5.91 Å². The van der Waals surface area contributed by atoms with Gasteiger partial charge in [-0.3, -0.25) is 4.79 Å². The van der Waals surface area contributed by atoms with Crippen molar-refractivity contribution in [2.45, 2.75) is 43.6 Å². The lowest BCUT2D eigenvalue weighted by molar-refractivity contribution is -0.0383. The summed E-state index contributed by atoms with van der Waals surface area (Å²) in [6.45, 7) is 0.875. The maximum Gasteiger partial charge on any atom is 0.257 e. The van der Waals surface area contributed by atoms with Crippen LogP contribution in [0.25, 0.3) is 28.3 Å². The Labute approximate surface area is 200 Å². The molecule has 3 aliphatic heterocycles. The highest BCUT2D eigenvalue weighted by molar-refractivity contribution is 6.00. The Morgan fingerprint density at radius 3 is 2.89 bits per heavy atom. The van der Waals surface area contributed by atoms with Gasteiger partial charge in [-0.1, -0.05) is 0 Å². The fourth-order valence-electron chi connectivity index (χ4n) is 4.87. The molecule has 35 heavy (non-hydrogen) atoms. The van der Waals surface area contributed by atoms with Crippen molar-refractivity contribution in [1.82, 2.24) is 29.5 Å². The van der Waals surface area contributed by atoms with E-state index in [1.165, 1.54) is 6.20 Å². The second-order valence-corrected chi connectivity index (χ2v) is 9.07. The summed E-state index contributed by atoms with van der Waals surface area (Å²) in [6.07, 6.45) is 5.28. The molecule has 0 aromatic carbocycles. The molecule has 5 heterocycles. The number of hydrogen-bond acceptors (Lipinski definition) is 7. The molecule has 4 atom stereocenters. The number of carbonyl (C=O) groups is 1. The number of hydrogen-bond donors (Lipinski definition) is 3. The van der Waals surface area contributed by atoms with E-state index < -0.39 is 24.2 Å². The monoisotopic (exact) mass is 479 g/mol. The van der Waals surface area contributed by atoms with Gasteiger partial charge in [0, 0.05) is 43.2 Å². The highest BCUT2D eigenvalue weighted by Gasteiger charge is 2.33. The second-order valence-electron chi connectivity index (χ2n) is 9.07. The number of fused-ring (bicyclic) bond motifs is 2. The maximum absolute atomic E-state index is 13.7. The molecule has 2 aromatic rings. The summed E-state index contributed by atoms with van der Waals surface area (Å²) in [5.41, 5.74) is 2.95. The molecule has 2 fully saturated rings. The largest absolute Gasteiger partial charge is 0.389 e. The molecular formula is C24H26FN7O3. The molecule has 0 radical (unpaired) electrons. The van der Waals surface area contributed by atoms with E-state index in [4.69, 9.17) is 9.72 Å². The summed E-state index contributed by atoms with van der Waals surface area (Å²) in [6, 6.07) is 5.14. The van der Waals surface area contributed by atoms with Crippen LogP contribution in [0.2, 0.25) is 0 Å². The first kappa shape index (κ1) is 21.9. The van der Waals surface area contributed by atoms with E-state index in [2.05, 4.69) is 20.7 Å². The van der Waals surface area contributed by atoms with E-state index in [9.17, 15) is 14.3 Å². The van der Waals surface area contributed by atoms with Crippen molar-refractivity contribution in [2.24, 2.45) is 0 Å². The molecule has 1 amide bonds. The van der Waals surface area contributed by atoms with Gasteiger partial charge in [0.1, 0.15) is 23.4 Å². The minimum Gasteiger partial charge on any atom is -0.389 e. The van der Waals surface area contributed by atoms with Gasteiger partial charge >= 0.3 is 0 Å². The summed E-state index contributed by atoms with van der Waals surface area (Å²) < 4.78 is 22.7. The number of anilines is 1. The Morgan fingerprint density at radius 2 is 2.14 bits per heavy atom. The summed E-state index contributed by atoms with van der Waals surface area (Å²) >= 11 is 0. The summed E-state index contributed by atoms with van der Waals surface area (Å²) in [5.74, 6) is 0.997. The first-order valence-corrected chi connectivity index (χ1v) is 11.8. The number of alkyl halides is 1. The second kappa shape index (κ2) is 8.58.